The first-order valence-corrected chi connectivity index (χ1v) is 11.1. The van der Waals surface area contributed by atoms with Gasteiger partial charge in [0.2, 0.25) is 0 Å². The van der Waals surface area contributed by atoms with E-state index in [1.807, 2.05) is 0 Å². The number of unbranched alkanes of at least 4 members (excludes halogenated alkanes) is 1. The highest BCUT2D eigenvalue weighted by molar-refractivity contribution is 5.31. The molecule has 0 aromatic heterocycles. The van der Waals surface area contributed by atoms with Gasteiger partial charge in [-0.25, -0.2) is 4.39 Å². The Morgan fingerprint density at radius 2 is 1.57 bits per heavy atom. The van der Waals surface area contributed by atoms with Crippen LogP contribution in [0.1, 0.15) is 75.7 Å². The summed E-state index contributed by atoms with van der Waals surface area (Å²) >= 11 is 0. The molecule has 0 spiro atoms. The highest BCUT2D eigenvalue weighted by atomic mass is 19.4. The predicted octanol–water partition coefficient (Wildman–Crippen LogP) is 8.11. The van der Waals surface area contributed by atoms with Crippen molar-refractivity contribution in [2.45, 2.75) is 76.5 Å². The highest BCUT2D eigenvalue weighted by Gasteiger charge is 2.33. The topological polar surface area (TPSA) is 9.23 Å². The minimum atomic E-state index is -4.89. The van der Waals surface area contributed by atoms with Crippen LogP contribution in [-0.2, 0) is 0 Å². The van der Waals surface area contributed by atoms with Crippen molar-refractivity contribution in [1.82, 2.24) is 0 Å². The van der Waals surface area contributed by atoms with Crippen LogP contribution in [0.25, 0.3) is 0 Å². The van der Waals surface area contributed by atoms with E-state index in [0.29, 0.717) is 18.3 Å². The standard InChI is InChI=1S/C24H31F5O/c25-15-3-1-2-4-17-5-7-18(8-6-17)19-9-11-20(12-10-19)21-13-14-23(22(26)16-21)30-24(27,28)29/h2,4,13-14,16-20H,1,3,5-12,15H2/t17-,18-,19-,20-. The van der Waals surface area contributed by atoms with E-state index in [1.54, 1.807) is 6.07 Å². The molecule has 0 heterocycles. The van der Waals surface area contributed by atoms with Crippen molar-refractivity contribution < 1.29 is 26.7 Å². The first-order valence-electron chi connectivity index (χ1n) is 11.1. The van der Waals surface area contributed by atoms with Crippen molar-refractivity contribution >= 4 is 0 Å². The molecular formula is C24H31F5O. The first kappa shape index (κ1) is 23.1. The number of ether oxygens (including phenoxy) is 1. The molecule has 1 aromatic rings. The van der Waals surface area contributed by atoms with Crippen LogP contribution in [0.2, 0.25) is 0 Å². The average molecular weight is 431 g/mol. The Bertz CT molecular complexity index is 683. The summed E-state index contributed by atoms with van der Waals surface area (Å²) in [5, 5.41) is 0. The van der Waals surface area contributed by atoms with E-state index in [-0.39, 0.29) is 12.6 Å². The molecule has 0 saturated heterocycles. The Morgan fingerprint density at radius 3 is 2.13 bits per heavy atom. The summed E-state index contributed by atoms with van der Waals surface area (Å²) in [6, 6.07) is 3.86. The van der Waals surface area contributed by atoms with Gasteiger partial charge in [-0.15, -0.1) is 13.2 Å². The minimum Gasteiger partial charge on any atom is -0.403 e. The summed E-state index contributed by atoms with van der Waals surface area (Å²) in [6.07, 6.45) is 9.87. The summed E-state index contributed by atoms with van der Waals surface area (Å²) in [5.41, 5.74) is 0.766. The lowest BCUT2D eigenvalue weighted by atomic mass is 9.68. The van der Waals surface area contributed by atoms with Crippen LogP contribution in [0, 0.1) is 23.6 Å². The molecule has 0 radical (unpaired) electrons. The van der Waals surface area contributed by atoms with E-state index in [1.165, 1.54) is 31.7 Å². The fourth-order valence-electron chi connectivity index (χ4n) is 5.19. The van der Waals surface area contributed by atoms with Crippen LogP contribution < -0.4 is 4.74 Å². The fourth-order valence-corrected chi connectivity index (χ4v) is 5.19. The van der Waals surface area contributed by atoms with Crippen LogP contribution in [0.5, 0.6) is 5.75 Å². The van der Waals surface area contributed by atoms with E-state index in [4.69, 9.17) is 0 Å². The van der Waals surface area contributed by atoms with Gasteiger partial charge in [-0.1, -0.05) is 18.2 Å². The SMILES string of the molecule is FCCCC=C[C@H]1CC[C@H]([C@H]2CC[C@H](c3ccc(OC(F)(F)F)c(F)c3)CC2)CC1. The zero-order chi connectivity index (χ0) is 21.6. The summed E-state index contributed by atoms with van der Waals surface area (Å²) in [7, 11) is 0. The molecule has 2 aliphatic carbocycles. The third-order valence-corrected chi connectivity index (χ3v) is 6.82. The van der Waals surface area contributed by atoms with Crippen LogP contribution >= 0.6 is 0 Å². The zero-order valence-corrected chi connectivity index (χ0v) is 17.3. The Kier molecular flexibility index (Phi) is 8.18. The summed E-state index contributed by atoms with van der Waals surface area (Å²) < 4.78 is 66.8. The molecule has 168 valence electrons. The Balaban J connectivity index is 1.45. The number of alkyl halides is 4. The third-order valence-electron chi connectivity index (χ3n) is 6.82. The largest absolute Gasteiger partial charge is 0.573 e. The van der Waals surface area contributed by atoms with Gasteiger partial charge in [0.25, 0.3) is 0 Å². The molecule has 0 aliphatic heterocycles. The number of rotatable bonds is 7. The van der Waals surface area contributed by atoms with Gasteiger partial charge in [0.1, 0.15) is 0 Å². The van der Waals surface area contributed by atoms with Crippen molar-refractivity contribution in [3.05, 3.63) is 41.7 Å². The molecule has 0 bridgehead atoms. The number of benzene rings is 1. The van der Waals surface area contributed by atoms with Crippen LogP contribution in [0.4, 0.5) is 22.0 Å². The maximum Gasteiger partial charge on any atom is 0.573 e. The molecule has 1 aromatic carbocycles. The zero-order valence-electron chi connectivity index (χ0n) is 17.3. The van der Waals surface area contributed by atoms with Gasteiger partial charge in [0.15, 0.2) is 11.6 Å². The Morgan fingerprint density at radius 1 is 0.933 bits per heavy atom. The molecular weight excluding hydrogens is 399 g/mol. The smallest absolute Gasteiger partial charge is 0.403 e. The van der Waals surface area contributed by atoms with Gasteiger partial charge in [-0.2, -0.15) is 0 Å². The van der Waals surface area contributed by atoms with Gasteiger partial charge in [-0.3, -0.25) is 4.39 Å². The lowest BCUT2D eigenvalue weighted by Gasteiger charge is -2.37. The van der Waals surface area contributed by atoms with Crippen molar-refractivity contribution in [3.8, 4) is 5.75 Å². The molecule has 0 N–H and O–H groups in total. The van der Waals surface area contributed by atoms with Crippen molar-refractivity contribution in [2.24, 2.45) is 17.8 Å². The van der Waals surface area contributed by atoms with E-state index in [9.17, 15) is 22.0 Å². The molecule has 6 heteroatoms. The molecule has 0 amide bonds. The van der Waals surface area contributed by atoms with Crippen molar-refractivity contribution in [1.29, 1.82) is 0 Å². The van der Waals surface area contributed by atoms with Gasteiger partial charge < -0.3 is 4.74 Å². The molecule has 0 unspecified atom stereocenters. The lowest BCUT2D eigenvalue weighted by molar-refractivity contribution is -0.275. The molecule has 2 fully saturated rings. The predicted molar refractivity (Wildman–Crippen MR) is 108 cm³/mol. The molecule has 0 atom stereocenters. The fraction of sp³-hybridized carbons (Fsp3) is 0.667. The lowest BCUT2D eigenvalue weighted by Crippen LogP contribution is -2.25. The van der Waals surface area contributed by atoms with E-state index in [0.717, 1.165) is 49.7 Å². The van der Waals surface area contributed by atoms with Gasteiger partial charge in [-0.05, 0) is 106 Å². The average Bonchev–Trinajstić information content (AvgIpc) is 2.72. The Labute approximate surface area is 175 Å². The quantitative estimate of drug-likeness (QED) is 0.241. The van der Waals surface area contributed by atoms with E-state index in [2.05, 4.69) is 16.9 Å². The molecule has 30 heavy (non-hydrogen) atoms. The van der Waals surface area contributed by atoms with E-state index >= 15 is 0 Å². The number of halogens is 5. The number of hydrogen-bond acceptors (Lipinski definition) is 1. The van der Waals surface area contributed by atoms with Gasteiger partial charge in [0, 0.05) is 0 Å². The van der Waals surface area contributed by atoms with Crippen molar-refractivity contribution in [3.63, 3.8) is 0 Å². The van der Waals surface area contributed by atoms with Crippen LogP contribution in [0.15, 0.2) is 30.4 Å². The van der Waals surface area contributed by atoms with E-state index < -0.39 is 17.9 Å². The summed E-state index contributed by atoms with van der Waals surface area (Å²) in [4.78, 5) is 0. The van der Waals surface area contributed by atoms with Gasteiger partial charge >= 0.3 is 6.36 Å². The number of hydrogen-bond donors (Lipinski definition) is 0. The Hall–Kier alpha value is -1.59. The van der Waals surface area contributed by atoms with Crippen LogP contribution in [0.3, 0.4) is 0 Å². The second-order valence-electron chi connectivity index (χ2n) is 8.78. The van der Waals surface area contributed by atoms with Crippen molar-refractivity contribution in [2.75, 3.05) is 6.67 Å². The summed E-state index contributed by atoms with van der Waals surface area (Å²) in [6.45, 7) is -0.252. The van der Waals surface area contributed by atoms with Crippen LogP contribution in [-0.4, -0.2) is 13.0 Å². The molecule has 3 rings (SSSR count). The maximum absolute atomic E-state index is 14.0. The normalized spacial score (nSPS) is 28.0. The highest BCUT2D eigenvalue weighted by Crippen LogP contribution is 2.44. The van der Waals surface area contributed by atoms with Gasteiger partial charge in [0.05, 0.1) is 6.67 Å². The second kappa shape index (κ2) is 10.6. The maximum atomic E-state index is 14.0. The first-order chi connectivity index (χ1) is 14.4. The number of allylic oxidation sites excluding steroid dienone is 2. The minimum absolute atomic E-state index is 0.200. The summed E-state index contributed by atoms with van der Waals surface area (Å²) in [5.74, 6) is 0.527. The molecule has 2 aliphatic rings. The molecule has 1 nitrogen and oxygen atoms in total. The molecule has 2 saturated carbocycles. The monoisotopic (exact) mass is 430 g/mol. The third kappa shape index (κ3) is 6.71. The second-order valence-corrected chi connectivity index (χ2v) is 8.78.